The molecule has 2 aromatic carbocycles. The van der Waals surface area contributed by atoms with Crippen LogP contribution in [0.4, 0.5) is 0 Å². The summed E-state index contributed by atoms with van der Waals surface area (Å²) in [4.78, 5) is 28.9. The zero-order valence-corrected chi connectivity index (χ0v) is 18.5. The molecule has 0 aromatic heterocycles. The van der Waals surface area contributed by atoms with Crippen molar-refractivity contribution in [3.8, 4) is 0 Å². The van der Waals surface area contributed by atoms with Crippen molar-refractivity contribution in [2.45, 2.75) is 39.8 Å². The van der Waals surface area contributed by atoms with Crippen molar-refractivity contribution >= 4 is 11.9 Å². The lowest BCUT2D eigenvalue weighted by atomic mass is 9.59. The molecule has 5 atom stereocenters. The Morgan fingerprint density at radius 2 is 1.61 bits per heavy atom. The molecule has 1 amide bonds. The van der Waals surface area contributed by atoms with Gasteiger partial charge in [-0.15, -0.1) is 0 Å². The summed E-state index contributed by atoms with van der Waals surface area (Å²) in [6.45, 7) is 6.78. The summed E-state index contributed by atoms with van der Waals surface area (Å²) < 4.78 is 5.55. The van der Waals surface area contributed by atoms with E-state index < -0.39 is 5.41 Å². The molecule has 1 heterocycles. The molecule has 4 nitrogen and oxygen atoms in total. The highest BCUT2D eigenvalue weighted by atomic mass is 16.5. The number of rotatable bonds is 6. The van der Waals surface area contributed by atoms with Crippen molar-refractivity contribution in [1.29, 1.82) is 0 Å². The molecule has 0 saturated carbocycles. The Morgan fingerprint density at radius 3 is 2.23 bits per heavy atom. The standard InChI is InChI=1S/C27H31NO3/c1-4-31-26(30)27(3)19(2)15-16-22-24(27)23(17-20-11-7-5-8-12-20)28(25(22)29)18-21-13-9-6-10-14-21/h5-16,19,22-24H,4,17-18H2,1-3H3/t19-,22+,23+,24-,27+/m1/s1. The lowest BCUT2D eigenvalue weighted by Gasteiger charge is -2.44. The summed E-state index contributed by atoms with van der Waals surface area (Å²) in [7, 11) is 0. The van der Waals surface area contributed by atoms with Gasteiger partial charge in [-0.1, -0.05) is 79.7 Å². The van der Waals surface area contributed by atoms with E-state index in [0.29, 0.717) is 13.2 Å². The van der Waals surface area contributed by atoms with Gasteiger partial charge in [-0.2, -0.15) is 0 Å². The zero-order valence-electron chi connectivity index (χ0n) is 18.5. The monoisotopic (exact) mass is 417 g/mol. The summed E-state index contributed by atoms with van der Waals surface area (Å²) in [5.41, 5.74) is 1.52. The maximum absolute atomic E-state index is 13.6. The third kappa shape index (κ3) is 3.80. The van der Waals surface area contributed by atoms with Crippen molar-refractivity contribution in [3.05, 3.63) is 83.9 Å². The smallest absolute Gasteiger partial charge is 0.312 e. The summed E-state index contributed by atoms with van der Waals surface area (Å²) in [5.74, 6) is -0.538. The van der Waals surface area contributed by atoms with E-state index in [1.165, 1.54) is 5.56 Å². The highest BCUT2D eigenvalue weighted by molar-refractivity contribution is 5.88. The topological polar surface area (TPSA) is 46.6 Å². The van der Waals surface area contributed by atoms with Crippen LogP contribution in [0.25, 0.3) is 0 Å². The van der Waals surface area contributed by atoms with E-state index in [-0.39, 0.29) is 35.7 Å². The maximum atomic E-state index is 13.6. The van der Waals surface area contributed by atoms with Gasteiger partial charge in [0.15, 0.2) is 0 Å². The van der Waals surface area contributed by atoms with E-state index >= 15 is 0 Å². The van der Waals surface area contributed by atoms with Gasteiger partial charge in [0.2, 0.25) is 5.91 Å². The summed E-state index contributed by atoms with van der Waals surface area (Å²) in [6.07, 6.45) is 4.78. The molecule has 1 saturated heterocycles. The Bertz CT molecular complexity index is 955. The van der Waals surface area contributed by atoms with Gasteiger partial charge in [0.1, 0.15) is 0 Å². The Kier molecular flexibility index (Phi) is 5.99. The average molecular weight is 418 g/mol. The molecule has 2 aromatic rings. The van der Waals surface area contributed by atoms with E-state index in [2.05, 4.69) is 31.2 Å². The van der Waals surface area contributed by atoms with Crippen LogP contribution in [-0.4, -0.2) is 29.4 Å². The van der Waals surface area contributed by atoms with Crippen LogP contribution < -0.4 is 0 Å². The van der Waals surface area contributed by atoms with E-state index in [1.807, 2.05) is 67.3 Å². The first-order valence-corrected chi connectivity index (χ1v) is 11.2. The van der Waals surface area contributed by atoms with Gasteiger partial charge >= 0.3 is 5.97 Å². The quantitative estimate of drug-likeness (QED) is 0.508. The van der Waals surface area contributed by atoms with Crippen LogP contribution in [0.1, 0.15) is 31.9 Å². The number of fused-ring (bicyclic) bond motifs is 1. The predicted molar refractivity (Wildman–Crippen MR) is 121 cm³/mol. The number of nitrogens with zero attached hydrogens (tertiary/aromatic N) is 1. The minimum Gasteiger partial charge on any atom is -0.466 e. The molecular weight excluding hydrogens is 386 g/mol. The number of likely N-dealkylation sites (tertiary alicyclic amines) is 1. The molecule has 4 rings (SSSR count). The molecule has 1 aliphatic heterocycles. The van der Waals surface area contributed by atoms with E-state index in [0.717, 1.165) is 12.0 Å². The van der Waals surface area contributed by atoms with Gasteiger partial charge in [-0.3, -0.25) is 9.59 Å². The molecule has 0 radical (unpaired) electrons. The number of hydrogen-bond donors (Lipinski definition) is 0. The lowest BCUT2D eigenvalue weighted by Crippen LogP contribution is -2.51. The first-order chi connectivity index (χ1) is 15.0. The highest BCUT2D eigenvalue weighted by Crippen LogP contribution is 2.53. The van der Waals surface area contributed by atoms with E-state index in [4.69, 9.17) is 4.74 Å². The van der Waals surface area contributed by atoms with Gasteiger partial charge in [0.05, 0.1) is 17.9 Å². The summed E-state index contributed by atoms with van der Waals surface area (Å²) in [6, 6.07) is 20.3. The number of ether oxygens (including phenoxy) is 1. The minimum atomic E-state index is -0.754. The number of hydrogen-bond acceptors (Lipinski definition) is 3. The van der Waals surface area contributed by atoms with Crippen molar-refractivity contribution in [2.24, 2.45) is 23.2 Å². The van der Waals surface area contributed by atoms with Crippen LogP contribution in [0.5, 0.6) is 0 Å². The van der Waals surface area contributed by atoms with Gasteiger partial charge < -0.3 is 9.64 Å². The second kappa shape index (κ2) is 8.70. The SMILES string of the molecule is CCOC(=O)[C@]1(C)[C@@H]2[C@H](C=C[C@H]1C)C(=O)N(Cc1ccccc1)[C@H]2Cc1ccccc1. The summed E-state index contributed by atoms with van der Waals surface area (Å²) in [5, 5.41) is 0. The molecule has 2 aliphatic rings. The Hall–Kier alpha value is -2.88. The lowest BCUT2D eigenvalue weighted by molar-refractivity contribution is -0.163. The fourth-order valence-electron chi connectivity index (χ4n) is 5.38. The Balaban J connectivity index is 1.77. The van der Waals surface area contributed by atoms with Crippen LogP contribution in [0.2, 0.25) is 0 Å². The molecule has 1 fully saturated rings. The molecule has 0 bridgehead atoms. The highest BCUT2D eigenvalue weighted by Gasteiger charge is 2.60. The average Bonchev–Trinajstić information content (AvgIpc) is 3.04. The number of carbonyl (C=O) groups excluding carboxylic acids is 2. The molecule has 0 unspecified atom stereocenters. The van der Waals surface area contributed by atoms with Crippen LogP contribution >= 0.6 is 0 Å². The number of allylic oxidation sites excluding steroid dienone is 1. The fourth-order valence-corrected chi connectivity index (χ4v) is 5.38. The van der Waals surface area contributed by atoms with Crippen molar-refractivity contribution in [3.63, 3.8) is 0 Å². The second-order valence-electron chi connectivity index (χ2n) is 8.94. The molecule has 162 valence electrons. The van der Waals surface area contributed by atoms with Crippen molar-refractivity contribution in [1.82, 2.24) is 4.90 Å². The van der Waals surface area contributed by atoms with Gasteiger partial charge in [0.25, 0.3) is 0 Å². The maximum Gasteiger partial charge on any atom is 0.312 e. The molecule has 31 heavy (non-hydrogen) atoms. The van der Waals surface area contributed by atoms with Crippen molar-refractivity contribution in [2.75, 3.05) is 6.61 Å². The number of esters is 1. The normalized spacial score (nSPS) is 29.6. The number of benzene rings is 2. The number of amides is 1. The van der Waals surface area contributed by atoms with Crippen LogP contribution in [0.15, 0.2) is 72.8 Å². The fraction of sp³-hybridized carbons (Fsp3) is 0.407. The molecular formula is C27H31NO3. The summed E-state index contributed by atoms with van der Waals surface area (Å²) >= 11 is 0. The minimum absolute atomic E-state index is 0.00412. The molecule has 0 spiro atoms. The van der Waals surface area contributed by atoms with Crippen LogP contribution in [-0.2, 0) is 27.3 Å². The molecule has 0 N–H and O–H groups in total. The zero-order chi connectivity index (χ0) is 22.0. The van der Waals surface area contributed by atoms with Gasteiger partial charge in [-0.25, -0.2) is 0 Å². The first-order valence-electron chi connectivity index (χ1n) is 11.2. The van der Waals surface area contributed by atoms with E-state index in [9.17, 15) is 9.59 Å². The van der Waals surface area contributed by atoms with Gasteiger partial charge in [0, 0.05) is 18.5 Å². The first kappa shape index (κ1) is 21.4. The third-order valence-corrected chi connectivity index (χ3v) is 7.21. The van der Waals surface area contributed by atoms with Crippen LogP contribution in [0, 0.1) is 23.2 Å². The number of carbonyl (C=O) groups is 2. The van der Waals surface area contributed by atoms with E-state index in [1.54, 1.807) is 0 Å². The van der Waals surface area contributed by atoms with Crippen molar-refractivity contribution < 1.29 is 14.3 Å². The Morgan fingerprint density at radius 1 is 1.00 bits per heavy atom. The Labute approximate surface area is 184 Å². The third-order valence-electron chi connectivity index (χ3n) is 7.21. The van der Waals surface area contributed by atoms with Crippen LogP contribution in [0.3, 0.4) is 0 Å². The predicted octanol–water partition coefficient (Wildman–Crippen LogP) is 4.65. The molecule has 1 aliphatic carbocycles. The molecule has 4 heteroatoms. The largest absolute Gasteiger partial charge is 0.466 e. The van der Waals surface area contributed by atoms with Gasteiger partial charge in [-0.05, 0) is 37.3 Å². The second-order valence-corrected chi connectivity index (χ2v) is 8.94.